The Hall–Kier alpha value is -0.160. The Balaban J connectivity index is 1.61. The highest BCUT2D eigenvalue weighted by atomic mass is 16.5. The Labute approximate surface area is 104 Å². The molecular weight excluding hydrogens is 218 g/mol. The number of hydrogen-bond acceptors (Lipinski definition) is 4. The van der Waals surface area contributed by atoms with E-state index in [0.717, 1.165) is 45.9 Å². The van der Waals surface area contributed by atoms with Crippen LogP contribution in [0.3, 0.4) is 0 Å². The standard InChI is InChI=1S/C13H25NO3/c1-14-13(11-5-7-15-8-11)10-16-9-12-4-2-3-6-17-12/h11-14H,2-10H2,1H3. The number of rotatable bonds is 6. The Morgan fingerprint density at radius 1 is 1.29 bits per heavy atom. The van der Waals surface area contributed by atoms with Gasteiger partial charge in [-0.25, -0.2) is 0 Å². The SMILES string of the molecule is CNC(COCC1CCCCO1)C1CCOC1. The first-order chi connectivity index (χ1) is 8.40. The second kappa shape index (κ2) is 7.31. The van der Waals surface area contributed by atoms with Crippen molar-refractivity contribution in [3.05, 3.63) is 0 Å². The highest BCUT2D eigenvalue weighted by Crippen LogP contribution is 2.17. The van der Waals surface area contributed by atoms with Crippen molar-refractivity contribution in [3.63, 3.8) is 0 Å². The third-order valence-corrected chi connectivity index (χ3v) is 3.78. The van der Waals surface area contributed by atoms with Crippen LogP contribution in [0.2, 0.25) is 0 Å². The molecule has 3 unspecified atom stereocenters. The molecule has 0 saturated carbocycles. The monoisotopic (exact) mass is 243 g/mol. The maximum absolute atomic E-state index is 5.80. The average molecular weight is 243 g/mol. The summed E-state index contributed by atoms with van der Waals surface area (Å²) in [4.78, 5) is 0. The van der Waals surface area contributed by atoms with Crippen molar-refractivity contribution in [1.29, 1.82) is 0 Å². The minimum atomic E-state index is 0.320. The lowest BCUT2D eigenvalue weighted by Crippen LogP contribution is -2.39. The Morgan fingerprint density at radius 3 is 2.88 bits per heavy atom. The van der Waals surface area contributed by atoms with Crippen molar-refractivity contribution in [2.75, 3.05) is 40.1 Å². The predicted octanol–water partition coefficient (Wildman–Crippen LogP) is 1.20. The van der Waals surface area contributed by atoms with Gasteiger partial charge < -0.3 is 19.5 Å². The van der Waals surface area contributed by atoms with E-state index in [1.165, 1.54) is 12.8 Å². The molecule has 2 heterocycles. The van der Waals surface area contributed by atoms with Gasteiger partial charge in [0.1, 0.15) is 0 Å². The summed E-state index contributed by atoms with van der Waals surface area (Å²) in [7, 11) is 2.00. The Kier molecular flexibility index (Phi) is 5.71. The van der Waals surface area contributed by atoms with Crippen molar-refractivity contribution in [2.24, 2.45) is 5.92 Å². The van der Waals surface area contributed by atoms with Crippen LogP contribution in [0.5, 0.6) is 0 Å². The number of nitrogens with one attached hydrogen (secondary N) is 1. The van der Waals surface area contributed by atoms with Crippen LogP contribution in [0.4, 0.5) is 0 Å². The van der Waals surface area contributed by atoms with Crippen LogP contribution >= 0.6 is 0 Å². The molecule has 1 N–H and O–H groups in total. The Morgan fingerprint density at radius 2 is 2.24 bits per heavy atom. The van der Waals surface area contributed by atoms with Crippen LogP contribution < -0.4 is 5.32 Å². The zero-order valence-electron chi connectivity index (χ0n) is 10.8. The van der Waals surface area contributed by atoms with Crippen molar-refractivity contribution in [3.8, 4) is 0 Å². The quantitative estimate of drug-likeness (QED) is 0.761. The molecule has 2 saturated heterocycles. The van der Waals surface area contributed by atoms with E-state index < -0.39 is 0 Å². The lowest BCUT2D eigenvalue weighted by Gasteiger charge is -2.25. The van der Waals surface area contributed by atoms with Crippen LogP contribution in [0.1, 0.15) is 25.7 Å². The van der Waals surface area contributed by atoms with E-state index in [0.29, 0.717) is 18.1 Å². The van der Waals surface area contributed by atoms with Crippen LogP contribution in [0.25, 0.3) is 0 Å². The lowest BCUT2D eigenvalue weighted by atomic mass is 10.00. The van der Waals surface area contributed by atoms with Gasteiger partial charge in [-0.15, -0.1) is 0 Å². The van der Waals surface area contributed by atoms with Gasteiger partial charge in [0.25, 0.3) is 0 Å². The van der Waals surface area contributed by atoms with Crippen LogP contribution in [-0.2, 0) is 14.2 Å². The van der Waals surface area contributed by atoms with Crippen LogP contribution in [0, 0.1) is 5.92 Å². The van der Waals surface area contributed by atoms with Gasteiger partial charge in [-0.05, 0) is 32.7 Å². The van der Waals surface area contributed by atoms with Crippen LogP contribution in [0.15, 0.2) is 0 Å². The summed E-state index contributed by atoms with van der Waals surface area (Å²) in [5, 5.41) is 3.34. The minimum absolute atomic E-state index is 0.320. The molecule has 3 atom stereocenters. The molecule has 2 aliphatic rings. The minimum Gasteiger partial charge on any atom is -0.381 e. The topological polar surface area (TPSA) is 39.7 Å². The fourth-order valence-electron chi connectivity index (χ4n) is 2.59. The average Bonchev–Trinajstić information content (AvgIpc) is 2.90. The van der Waals surface area contributed by atoms with Gasteiger partial charge in [0.15, 0.2) is 0 Å². The summed E-state index contributed by atoms with van der Waals surface area (Å²) in [6.45, 7) is 4.18. The first kappa shape index (κ1) is 13.3. The van der Waals surface area contributed by atoms with Gasteiger partial charge >= 0.3 is 0 Å². The van der Waals surface area contributed by atoms with E-state index in [1.807, 2.05) is 7.05 Å². The summed E-state index contributed by atoms with van der Waals surface area (Å²) < 4.78 is 16.9. The zero-order valence-corrected chi connectivity index (χ0v) is 10.8. The first-order valence-electron chi connectivity index (χ1n) is 6.84. The molecule has 17 heavy (non-hydrogen) atoms. The largest absolute Gasteiger partial charge is 0.381 e. The van der Waals surface area contributed by atoms with Crippen molar-refractivity contribution in [2.45, 2.75) is 37.8 Å². The maximum atomic E-state index is 5.80. The molecule has 2 fully saturated rings. The van der Waals surface area contributed by atoms with E-state index in [-0.39, 0.29) is 0 Å². The highest BCUT2D eigenvalue weighted by molar-refractivity contribution is 4.78. The van der Waals surface area contributed by atoms with Gasteiger partial charge in [-0.1, -0.05) is 0 Å². The highest BCUT2D eigenvalue weighted by Gasteiger charge is 2.25. The molecule has 0 radical (unpaired) electrons. The summed E-state index contributed by atoms with van der Waals surface area (Å²) >= 11 is 0. The fourth-order valence-corrected chi connectivity index (χ4v) is 2.59. The molecule has 2 aliphatic heterocycles. The molecule has 0 aromatic heterocycles. The normalized spacial score (nSPS) is 31.6. The summed E-state index contributed by atoms with van der Waals surface area (Å²) in [6.07, 6.45) is 5.10. The van der Waals surface area contributed by atoms with Gasteiger partial charge in [0.05, 0.1) is 25.9 Å². The second-order valence-corrected chi connectivity index (χ2v) is 5.04. The van der Waals surface area contributed by atoms with Gasteiger partial charge in [-0.3, -0.25) is 0 Å². The molecule has 0 spiro atoms. The molecule has 0 aliphatic carbocycles. The van der Waals surface area contributed by atoms with E-state index >= 15 is 0 Å². The maximum Gasteiger partial charge on any atom is 0.0808 e. The summed E-state index contributed by atoms with van der Waals surface area (Å²) in [5.74, 6) is 0.604. The molecule has 4 heteroatoms. The van der Waals surface area contributed by atoms with Crippen LogP contribution in [-0.4, -0.2) is 52.2 Å². The fraction of sp³-hybridized carbons (Fsp3) is 1.00. The zero-order chi connectivity index (χ0) is 11.9. The number of hydrogen-bond donors (Lipinski definition) is 1. The van der Waals surface area contributed by atoms with Gasteiger partial charge in [-0.2, -0.15) is 0 Å². The molecular formula is C13H25NO3. The van der Waals surface area contributed by atoms with Crippen molar-refractivity contribution >= 4 is 0 Å². The molecule has 0 aromatic rings. The van der Waals surface area contributed by atoms with E-state index in [2.05, 4.69) is 5.32 Å². The molecule has 0 bridgehead atoms. The third-order valence-electron chi connectivity index (χ3n) is 3.78. The number of ether oxygens (including phenoxy) is 3. The first-order valence-corrected chi connectivity index (χ1v) is 6.84. The summed E-state index contributed by atoms with van der Waals surface area (Å²) in [6, 6.07) is 0.418. The van der Waals surface area contributed by atoms with E-state index in [1.54, 1.807) is 0 Å². The third kappa shape index (κ3) is 4.21. The van der Waals surface area contributed by atoms with Gasteiger partial charge in [0.2, 0.25) is 0 Å². The molecule has 4 nitrogen and oxygen atoms in total. The van der Waals surface area contributed by atoms with E-state index in [9.17, 15) is 0 Å². The molecule has 0 aromatic carbocycles. The molecule has 2 rings (SSSR count). The number of likely N-dealkylation sites (N-methyl/N-ethyl adjacent to an activating group) is 1. The van der Waals surface area contributed by atoms with Gasteiger partial charge in [0, 0.05) is 25.2 Å². The molecule has 100 valence electrons. The lowest BCUT2D eigenvalue weighted by molar-refractivity contribution is -0.0464. The van der Waals surface area contributed by atoms with E-state index in [4.69, 9.17) is 14.2 Å². The summed E-state index contributed by atoms with van der Waals surface area (Å²) in [5.41, 5.74) is 0. The van der Waals surface area contributed by atoms with Crippen molar-refractivity contribution in [1.82, 2.24) is 5.32 Å². The second-order valence-electron chi connectivity index (χ2n) is 5.04. The Bertz CT molecular complexity index is 201. The molecule has 0 amide bonds. The van der Waals surface area contributed by atoms with Crippen molar-refractivity contribution < 1.29 is 14.2 Å². The smallest absolute Gasteiger partial charge is 0.0808 e. The predicted molar refractivity (Wildman–Crippen MR) is 66.2 cm³/mol.